The second-order valence-corrected chi connectivity index (χ2v) is 3.35. The highest BCUT2D eigenvalue weighted by Crippen LogP contribution is 2.25. The summed E-state index contributed by atoms with van der Waals surface area (Å²) >= 11 is 0. The zero-order valence-electron chi connectivity index (χ0n) is 7.13. The molecule has 2 atom stereocenters. The van der Waals surface area contributed by atoms with Crippen LogP contribution in [0.4, 0.5) is 8.78 Å². The van der Waals surface area contributed by atoms with E-state index in [0.29, 0.717) is 13.0 Å². The van der Waals surface area contributed by atoms with Gasteiger partial charge in [-0.2, -0.15) is 0 Å². The van der Waals surface area contributed by atoms with E-state index in [1.54, 1.807) is 6.07 Å². The number of nitrogens with one attached hydrogen (secondary N) is 1. The molecule has 1 aliphatic rings. The summed E-state index contributed by atoms with van der Waals surface area (Å²) in [5.41, 5.74) is 0.833. The van der Waals surface area contributed by atoms with Crippen molar-refractivity contribution in [2.45, 2.75) is 18.6 Å². The van der Waals surface area contributed by atoms with Gasteiger partial charge >= 0.3 is 0 Å². The third-order valence-corrected chi connectivity index (χ3v) is 2.33. The molecule has 0 amide bonds. The maximum Gasteiger partial charge on any atom is 0.123 e. The normalized spacial score (nSPS) is 27.8. The molecular weight excluding hydrogens is 172 g/mol. The van der Waals surface area contributed by atoms with Gasteiger partial charge in [0.2, 0.25) is 0 Å². The number of hydrogen-bond donors (Lipinski definition) is 1. The van der Waals surface area contributed by atoms with Gasteiger partial charge in [0.25, 0.3) is 0 Å². The average Bonchev–Trinajstić information content (AvgIpc) is 2.52. The predicted molar refractivity (Wildman–Crippen MR) is 46.7 cm³/mol. The maximum atomic E-state index is 12.8. The highest BCUT2D eigenvalue weighted by molar-refractivity contribution is 5.21. The summed E-state index contributed by atoms with van der Waals surface area (Å²) in [6, 6.07) is 6.29. The molecule has 0 bridgehead atoms. The lowest BCUT2D eigenvalue weighted by Crippen LogP contribution is -2.13. The largest absolute Gasteiger partial charge is 0.307 e. The summed E-state index contributed by atoms with van der Waals surface area (Å²) in [6.07, 6.45) is -0.350. The zero-order chi connectivity index (χ0) is 9.26. The Kier molecular flexibility index (Phi) is 2.27. The summed E-state index contributed by atoms with van der Waals surface area (Å²) in [5, 5.41) is 3.01. The van der Waals surface area contributed by atoms with Crippen molar-refractivity contribution in [1.82, 2.24) is 5.32 Å². The van der Waals surface area contributed by atoms with Crippen LogP contribution in [0.3, 0.4) is 0 Å². The van der Waals surface area contributed by atoms with Gasteiger partial charge in [0.1, 0.15) is 12.0 Å². The van der Waals surface area contributed by atoms with Crippen molar-refractivity contribution in [2.75, 3.05) is 6.54 Å². The van der Waals surface area contributed by atoms with Crippen molar-refractivity contribution in [2.24, 2.45) is 0 Å². The Labute approximate surface area is 75.8 Å². The first-order valence-corrected chi connectivity index (χ1v) is 4.38. The Hall–Kier alpha value is -0.960. The molecule has 1 nitrogen and oxygen atoms in total. The summed E-state index contributed by atoms with van der Waals surface area (Å²) in [5.74, 6) is -0.262. The molecule has 1 aliphatic heterocycles. The minimum atomic E-state index is -0.798. The van der Waals surface area contributed by atoms with E-state index in [9.17, 15) is 8.78 Å². The van der Waals surface area contributed by atoms with E-state index < -0.39 is 6.17 Å². The van der Waals surface area contributed by atoms with E-state index in [0.717, 1.165) is 5.56 Å². The highest BCUT2D eigenvalue weighted by atomic mass is 19.1. The second kappa shape index (κ2) is 3.42. The van der Waals surface area contributed by atoms with Crippen molar-refractivity contribution in [3.63, 3.8) is 0 Å². The summed E-state index contributed by atoms with van der Waals surface area (Å²) in [6.45, 7) is 0.376. The van der Waals surface area contributed by atoms with Gasteiger partial charge in [-0.25, -0.2) is 8.78 Å². The Morgan fingerprint density at radius 3 is 2.85 bits per heavy atom. The molecule has 0 spiro atoms. The fraction of sp³-hybridized carbons (Fsp3) is 0.400. The lowest BCUT2D eigenvalue weighted by molar-refractivity contribution is 0.356. The number of hydrogen-bond acceptors (Lipinski definition) is 1. The van der Waals surface area contributed by atoms with Gasteiger partial charge in [-0.1, -0.05) is 12.1 Å². The van der Waals surface area contributed by atoms with Crippen molar-refractivity contribution in [3.8, 4) is 0 Å². The topological polar surface area (TPSA) is 12.0 Å². The molecule has 3 heteroatoms. The van der Waals surface area contributed by atoms with Gasteiger partial charge in [-0.15, -0.1) is 0 Å². The van der Waals surface area contributed by atoms with Crippen LogP contribution in [0.1, 0.15) is 18.0 Å². The Bertz CT molecular complexity index is 301. The SMILES string of the molecule is Fc1cccc([C@H]2C[C@H](F)CN2)c1. The molecule has 1 saturated heterocycles. The lowest BCUT2D eigenvalue weighted by atomic mass is 10.1. The number of rotatable bonds is 1. The van der Waals surface area contributed by atoms with Gasteiger partial charge < -0.3 is 5.32 Å². The van der Waals surface area contributed by atoms with Crippen LogP contribution in [0.15, 0.2) is 24.3 Å². The summed E-state index contributed by atoms with van der Waals surface area (Å²) in [4.78, 5) is 0. The molecule has 0 aromatic heterocycles. The Morgan fingerprint density at radius 2 is 2.23 bits per heavy atom. The van der Waals surface area contributed by atoms with E-state index in [1.165, 1.54) is 12.1 Å². The quantitative estimate of drug-likeness (QED) is 0.703. The minimum Gasteiger partial charge on any atom is -0.307 e. The second-order valence-electron chi connectivity index (χ2n) is 3.35. The number of halogens is 2. The predicted octanol–water partition coefficient (Wildman–Crippen LogP) is 2.20. The number of benzene rings is 1. The maximum absolute atomic E-state index is 12.8. The van der Waals surface area contributed by atoms with E-state index in [2.05, 4.69) is 5.32 Å². The van der Waals surface area contributed by atoms with Crippen LogP contribution in [0, 0.1) is 5.82 Å². The lowest BCUT2D eigenvalue weighted by Gasteiger charge is -2.09. The first-order valence-electron chi connectivity index (χ1n) is 4.38. The molecule has 1 aromatic carbocycles. The number of alkyl halides is 1. The Morgan fingerprint density at radius 1 is 1.38 bits per heavy atom. The van der Waals surface area contributed by atoms with Crippen LogP contribution in [0.2, 0.25) is 0 Å². The zero-order valence-corrected chi connectivity index (χ0v) is 7.13. The smallest absolute Gasteiger partial charge is 0.123 e. The minimum absolute atomic E-state index is 0.0225. The monoisotopic (exact) mass is 183 g/mol. The summed E-state index contributed by atoms with van der Waals surface area (Å²) in [7, 11) is 0. The van der Waals surface area contributed by atoms with Crippen molar-refractivity contribution >= 4 is 0 Å². The van der Waals surface area contributed by atoms with Crippen LogP contribution in [-0.4, -0.2) is 12.7 Å². The molecule has 1 N–H and O–H groups in total. The van der Waals surface area contributed by atoms with Crippen LogP contribution in [-0.2, 0) is 0 Å². The third-order valence-electron chi connectivity index (χ3n) is 2.33. The van der Waals surface area contributed by atoms with Crippen molar-refractivity contribution in [3.05, 3.63) is 35.6 Å². The van der Waals surface area contributed by atoms with E-state index in [1.807, 2.05) is 6.07 Å². The standard InChI is InChI=1S/C10H11F2N/c11-8-3-1-2-7(4-8)10-5-9(12)6-13-10/h1-4,9-10,13H,5-6H2/t9-,10+/m0/s1. The molecule has 2 rings (SSSR count). The van der Waals surface area contributed by atoms with Crippen LogP contribution in [0.5, 0.6) is 0 Å². The molecule has 1 aromatic rings. The molecular formula is C10H11F2N. The molecule has 0 aliphatic carbocycles. The van der Waals surface area contributed by atoms with E-state index >= 15 is 0 Å². The fourth-order valence-electron chi connectivity index (χ4n) is 1.67. The van der Waals surface area contributed by atoms with Gasteiger partial charge in [0.15, 0.2) is 0 Å². The van der Waals surface area contributed by atoms with Gasteiger partial charge in [0.05, 0.1) is 0 Å². The molecule has 0 radical (unpaired) electrons. The molecule has 0 saturated carbocycles. The van der Waals surface area contributed by atoms with Gasteiger partial charge in [0, 0.05) is 12.6 Å². The molecule has 1 heterocycles. The molecule has 13 heavy (non-hydrogen) atoms. The van der Waals surface area contributed by atoms with E-state index in [-0.39, 0.29) is 11.9 Å². The molecule has 1 fully saturated rings. The Balaban J connectivity index is 2.16. The van der Waals surface area contributed by atoms with Gasteiger partial charge in [-0.3, -0.25) is 0 Å². The summed E-state index contributed by atoms with van der Waals surface area (Å²) < 4.78 is 25.6. The van der Waals surface area contributed by atoms with Crippen molar-refractivity contribution < 1.29 is 8.78 Å². The average molecular weight is 183 g/mol. The highest BCUT2D eigenvalue weighted by Gasteiger charge is 2.24. The first kappa shape index (κ1) is 8.63. The molecule has 0 unspecified atom stereocenters. The fourth-order valence-corrected chi connectivity index (χ4v) is 1.67. The first-order chi connectivity index (χ1) is 6.25. The van der Waals surface area contributed by atoms with Crippen LogP contribution >= 0.6 is 0 Å². The van der Waals surface area contributed by atoms with Crippen LogP contribution in [0.25, 0.3) is 0 Å². The van der Waals surface area contributed by atoms with E-state index in [4.69, 9.17) is 0 Å². The van der Waals surface area contributed by atoms with Crippen LogP contribution < -0.4 is 5.32 Å². The third kappa shape index (κ3) is 1.86. The van der Waals surface area contributed by atoms with Crippen molar-refractivity contribution in [1.29, 1.82) is 0 Å². The van der Waals surface area contributed by atoms with Gasteiger partial charge in [-0.05, 0) is 24.1 Å². The molecule has 70 valence electrons.